The average molecular weight is 399 g/mol. The summed E-state index contributed by atoms with van der Waals surface area (Å²) in [4.78, 5) is 17.5. The number of aryl methyl sites for hydroxylation is 1. The normalized spacial score (nSPS) is 10.9. The first-order chi connectivity index (χ1) is 14.6. The van der Waals surface area contributed by atoms with Crippen LogP contribution in [0.2, 0.25) is 0 Å². The van der Waals surface area contributed by atoms with Crippen LogP contribution in [0.15, 0.2) is 72.8 Å². The molecule has 1 amide bonds. The lowest BCUT2D eigenvalue weighted by atomic mass is 10.1. The molecule has 0 radical (unpaired) electrons. The van der Waals surface area contributed by atoms with Crippen LogP contribution >= 0.6 is 0 Å². The summed E-state index contributed by atoms with van der Waals surface area (Å²) in [6.07, 6.45) is 0. The van der Waals surface area contributed by atoms with Crippen LogP contribution in [0.1, 0.15) is 34.2 Å². The molecule has 4 aromatic rings. The Bertz CT molecular complexity index is 1160. The Morgan fingerprint density at radius 3 is 2.63 bits per heavy atom. The molecule has 0 aliphatic heterocycles. The molecule has 1 heterocycles. The van der Waals surface area contributed by atoms with Crippen LogP contribution in [0, 0.1) is 6.92 Å². The molecule has 0 fully saturated rings. The lowest BCUT2D eigenvalue weighted by Gasteiger charge is -2.11. The molecule has 0 atom stereocenters. The molecule has 30 heavy (non-hydrogen) atoms. The second kappa shape index (κ2) is 8.82. The standard InChI is InChI=1S/C25H25N3O2/c1-3-30-21-8-6-7-20(15-21)25(29)26-16-24-27-22-9-4-5-10-23(22)28(24)17-19-13-11-18(2)12-14-19/h4-15H,3,16-17H2,1-2H3,(H,26,29). The Labute approximate surface area is 176 Å². The van der Waals surface area contributed by atoms with Gasteiger partial charge in [-0.1, -0.05) is 48.0 Å². The molecule has 0 saturated heterocycles. The van der Waals surface area contributed by atoms with Crippen LogP contribution in [0.5, 0.6) is 5.75 Å². The number of aromatic nitrogens is 2. The van der Waals surface area contributed by atoms with Crippen molar-refractivity contribution in [3.05, 3.63) is 95.3 Å². The van der Waals surface area contributed by atoms with Gasteiger partial charge in [0.05, 0.1) is 24.2 Å². The fourth-order valence-corrected chi connectivity index (χ4v) is 3.47. The maximum absolute atomic E-state index is 12.7. The molecule has 4 rings (SSSR count). The number of rotatable bonds is 7. The molecule has 0 aliphatic rings. The van der Waals surface area contributed by atoms with Gasteiger partial charge in [0.2, 0.25) is 0 Å². The van der Waals surface area contributed by atoms with Crippen molar-refractivity contribution in [3.8, 4) is 5.75 Å². The molecular weight excluding hydrogens is 374 g/mol. The van der Waals surface area contributed by atoms with Gasteiger partial charge in [-0.3, -0.25) is 4.79 Å². The predicted octanol–water partition coefficient (Wildman–Crippen LogP) is 4.72. The third-order valence-corrected chi connectivity index (χ3v) is 5.01. The highest BCUT2D eigenvalue weighted by atomic mass is 16.5. The van der Waals surface area contributed by atoms with E-state index in [0.717, 1.165) is 16.9 Å². The number of imidazole rings is 1. The van der Waals surface area contributed by atoms with E-state index >= 15 is 0 Å². The van der Waals surface area contributed by atoms with Crippen molar-refractivity contribution in [2.24, 2.45) is 0 Å². The molecule has 5 heteroatoms. The van der Waals surface area contributed by atoms with Gasteiger partial charge in [0.1, 0.15) is 11.6 Å². The van der Waals surface area contributed by atoms with Crippen molar-refractivity contribution in [1.29, 1.82) is 0 Å². The lowest BCUT2D eigenvalue weighted by Crippen LogP contribution is -2.25. The molecule has 0 aliphatic carbocycles. The van der Waals surface area contributed by atoms with Crippen molar-refractivity contribution < 1.29 is 9.53 Å². The Morgan fingerprint density at radius 1 is 1.03 bits per heavy atom. The zero-order valence-electron chi connectivity index (χ0n) is 17.3. The topological polar surface area (TPSA) is 56.1 Å². The highest BCUT2D eigenvalue weighted by Gasteiger charge is 2.13. The van der Waals surface area contributed by atoms with Crippen molar-refractivity contribution in [3.63, 3.8) is 0 Å². The van der Waals surface area contributed by atoms with Crippen LogP contribution in [0.25, 0.3) is 11.0 Å². The van der Waals surface area contributed by atoms with Crippen LogP contribution in [-0.4, -0.2) is 22.1 Å². The van der Waals surface area contributed by atoms with Crippen molar-refractivity contribution >= 4 is 16.9 Å². The van der Waals surface area contributed by atoms with Crippen LogP contribution in [-0.2, 0) is 13.1 Å². The number of benzene rings is 3. The fraction of sp³-hybridized carbons (Fsp3) is 0.200. The second-order valence-corrected chi connectivity index (χ2v) is 7.23. The number of nitrogens with zero attached hydrogens (tertiary/aromatic N) is 2. The molecule has 0 unspecified atom stereocenters. The molecular formula is C25H25N3O2. The van der Waals surface area contributed by atoms with Crippen LogP contribution < -0.4 is 10.1 Å². The quantitative estimate of drug-likeness (QED) is 0.489. The minimum atomic E-state index is -0.148. The lowest BCUT2D eigenvalue weighted by molar-refractivity contribution is 0.0949. The second-order valence-electron chi connectivity index (χ2n) is 7.23. The van der Waals surface area contributed by atoms with E-state index in [1.165, 1.54) is 11.1 Å². The Hall–Kier alpha value is -3.60. The first-order valence-electron chi connectivity index (χ1n) is 10.1. The first-order valence-corrected chi connectivity index (χ1v) is 10.1. The number of ether oxygens (including phenoxy) is 1. The number of carbonyl (C=O) groups excluding carboxylic acids is 1. The van der Waals surface area contributed by atoms with Crippen molar-refractivity contribution in [1.82, 2.24) is 14.9 Å². The highest BCUT2D eigenvalue weighted by molar-refractivity contribution is 5.94. The van der Waals surface area contributed by atoms with E-state index in [9.17, 15) is 4.79 Å². The number of carbonyl (C=O) groups is 1. The van der Waals surface area contributed by atoms with E-state index in [-0.39, 0.29) is 5.91 Å². The summed E-state index contributed by atoms with van der Waals surface area (Å²) in [6.45, 7) is 5.61. The number of nitrogens with one attached hydrogen (secondary N) is 1. The van der Waals surface area contributed by atoms with Gasteiger partial charge in [-0.2, -0.15) is 0 Å². The summed E-state index contributed by atoms with van der Waals surface area (Å²) < 4.78 is 7.66. The molecule has 152 valence electrons. The summed E-state index contributed by atoms with van der Waals surface area (Å²) in [6, 6.07) is 23.8. The number of hydrogen-bond donors (Lipinski definition) is 1. The molecule has 5 nitrogen and oxygen atoms in total. The zero-order chi connectivity index (χ0) is 20.9. The van der Waals surface area contributed by atoms with Gasteiger partial charge in [-0.05, 0) is 49.7 Å². The fourth-order valence-electron chi connectivity index (χ4n) is 3.47. The maximum atomic E-state index is 12.7. The van der Waals surface area contributed by atoms with Gasteiger partial charge in [0.25, 0.3) is 5.91 Å². The molecule has 0 saturated carbocycles. The summed E-state index contributed by atoms with van der Waals surface area (Å²) in [5.41, 5.74) is 4.98. The summed E-state index contributed by atoms with van der Waals surface area (Å²) >= 11 is 0. The largest absolute Gasteiger partial charge is 0.494 e. The number of fused-ring (bicyclic) bond motifs is 1. The minimum absolute atomic E-state index is 0.148. The molecule has 1 N–H and O–H groups in total. The van der Waals surface area contributed by atoms with Crippen LogP contribution in [0.3, 0.4) is 0 Å². The van der Waals surface area contributed by atoms with Gasteiger partial charge in [-0.15, -0.1) is 0 Å². The van der Waals surface area contributed by atoms with Gasteiger partial charge in [0, 0.05) is 12.1 Å². The first kappa shape index (κ1) is 19.7. The van der Waals surface area contributed by atoms with Crippen molar-refractivity contribution in [2.75, 3.05) is 6.61 Å². The smallest absolute Gasteiger partial charge is 0.251 e. The third-order valence-electron chi connectivity index (χ3n) is 5.01. The number of amides is 1. The maximum Gasteiger partial charge on any atom is 0.251 e. The van der Waals surface area contributed by atoms with Gasteiger partial charge >= 0.3 is 0 Å². The molecule has 0 spiro atoms. The summed E-state index contributed by atoms with van der Waals surface area (Å²) in [7, 11) is 0. The predicted molar refractivity (Wildman–Crippen MR) is 119 cm³/mol. The van der Waals surface area contributed by atoms with E-state index in [1.807, 2.05) is 37.3 Å². The number of hydrogen-bond acceptors (Lipinski definition) is 3. The molecule has 3 aromatic carbocycles. The highest BCUT2D eigenvalue weighted by Crippen LogP contribution is 2.19. The summed E-state index contributed by atoms with van der Waals surface area (Å²) in [5, 5.41) is 3.00. The van der Waals surface area contributed by atoms with Crippen molar-refractivity contribution in [2.45, 2.75) is 26.9 Å². The SMILES string of the molecule is CCOc1cccc(C(=O)NCc2nc3ccccc3n2Cc2ccc(C)cc2)c1. The van der Waals surface area contributed by atoms with E-state index < -0.39 is 0 Å². The van der Waals surface area contributed by atoms with E-state index in [4.69, 9.17) is 9.72 Å². The Morgan fingerprint density at radius 2 is 1.83 bits per heavy atom. The Balaban J connectivity index is 1.57. The molecule has 1 aromatic heterocycles. The monoisotopic (exact) mass is 399 g/mol. The summed E-state index contributed by atoms with van der Waals surface area (Å²) in [5.74, 6) is 1.37. The van der Waals surface area contributed by atoms with E-state index in [0.29, 0.717) is 31.0 Å². The van der Waals surface area contributed by atoms with Gasteiger partial charge < -0.3 is 14.6 Å². The number of para-hydroxylation sites is 2. The van der Waals surface area contributed by atoms with E-state index in [2.05, 4.69) is 47.1 Å². The third kappa shape index (κ3) is 4.35. The zero-order valence-corrected chi connectivity index (χ0v) is 17.3. The van der Waals surface area contributed by atoms with Gasteiger partial charge in [-0.25, -0.2) is 4.98 Å². The van der Waals surface area contributed by atoms with E-state index in [1.54, 1.807) is 12.1 Å². The molecule has 0 bridgehead atoms. The minimum Gasteiger partial charge on any atom is -0.494 e. The average Bonchev–Trinajstić information content (AvgIpc) is 3.11. The van der Waals surface area contributed by atoms with Gasteiger partial charge in [0.15, 0.2) is 0 Å². The van der Waals surface area contributed by atoms with Crippen LogP contribution in [0.4, 0.5) is 0 Å². The Kier molecular flexibility index (Phi) is 5.80.